The van der Waals surface area contributed by atoms with Gasteiger partial charge in [0.05, 0.1) is 21.8 Å². The first kappa shape index (κ1) is 13.8. The van der Waals surface area contributed by atoms with Crippen LogP contribution in [0.4, 0.5) is 11.5 Å². The maximum absolute atomic E-state index is 12.0. The van der Waals surface area contributed by atoms with Crippen molar-refractivity contribution in [2.75, 3.05) is 10.6 Å². The third-order valence-electron chi connectivity index (χ3n) is 2.86. The fourth-order valence-electron chi connectivity index (χ4n) is 2.03. The smallest absolute Gasteiger partial charge is 0.257 e. The van der Waals surface area contributed by atoms with E-state index in [0.29, 0.717) is 27.0 Å². The fourth-order valence-corrected chi connectivity index (χ4v) is 3.03. The normalized spacial score (nSPS) is 15.0. The number of thiophene rings is 1. The van der Waals surface area contributed by atoms with Crippen LogP contribution in [-0.2, 0) is 9.59 Å². The Labute approximate surface area is 129 Å². The molecular weight excluding hydrogens is 310 g/mol. The predicted octanol–water partition coefficient (Wildman–Crippen LogP) is 3.25. The van der Waals surface area contributed by atoms with E-state index >= 15 is 0 Å². The highest BCUT2D eigenvalue weighted by Gasteiger charge is 2.26. The van der Waals surface area contributed by atoms with Crippen molar-refractivity contribution in [3.8, 4) is 0 Å². The second-order valence-corrected chi connectivity index (χ2v) is 6.20. The van der Waals surface area contributed by atoms with Gasteiger partial charge in [0.1, 0.15) is 5.82 Å². The lowest BCUT2D eigenvalue weighted by molar-refractivity contribution is -0.114. The summed E-state index contributed by atoms with van der Waals surface area (Å²) in [5.74, 6) is 0.0783. The second kappa shape index (κ2) is 5.31. The summed E-state index contributed by atoms with van der Waals surface area (Å²) < 4.78 is 0.658. The molecule has 0 spiro atoms. The molecule has 1 aliphatic heterocycles. The average molecular weight is 320 g/mol. The van der Waals surface area contributed by atoms with E-state index in [2.05, 4.69) is 15.6 Å². The number of anilines is 2. The molecule has 7 heteroatoms. The van der Waals surface area contributed by atoms with Crippen LogP contribution in [0.3, 0.4) is 0 Å². The number of carbonyl (C=O) groups excluding carboxylic acids is 2. The molecule has 0 saturated carbocycles. The Morgan fingerprint density at radius 1 is 1.48 bits per heavy atom. The molecule has 0 saturated heterocycles. The van der Waals surface area contributed by atoms with E-state index in [4.69, 9.17) is 11.6 Å². The number of pyridine rings is 1. The van der Waals surface area contributed by atoms with Crippen LogP contribution >= 0.6 is 22.9 Å². The number of rotatable bonds is 2. The Bertz CT molecular complexity index is 782. The van der Waals surface area contributed by atoms with Crippen molar-refractivity contribution >= 4 is 57.9 Å². The Morgan fingerprint density at radius 2 is 2.29 bits per heavy atom. The minimum atomic E-state index is -0.220. The molecule has 0 aliphatic carbocycles. The minimum absolute atomic E-state index is 0.190. The van der Waals surface area contributed by atoms with Gasteiger partial charge >= 0.3 is 0 Å². The molecule has 2 aromatic rings. The molecule has 0 bridgehead atoms. The van der Waals surface area contributed by atoms with Crippen LogP contribution in [0.2, 0.25) is 4.34 Å². The summed E-state index contributed by atoms with van der Waals surface area (Å²) in [6, 6.07) is 5.34. The zero-order valence-electron chi connectivity index (χ0n) is 10.9. The lowest BCUT2D eigenvalue weighted by Gasteiger charge is -2.03. The first-order valence-corrected chi connectivity index (χ1v) is 7.29. The maximum Gasteiger partial charge on any atom is 0.257 e. The highest BCUT2D eigenvalue weighted by Crippen LogP contribution is 2.34. The number of nitrogens with zero attached hydrogens (tertiary/aromatic N) is 1. The summed E-state index contributed by atoms with van der Waals surface area (Å²) in [5.41, 5.74) is 1.71. The summed E-state index contributed by atoms with van der Waals surface area (Å²) in [7, 11) is 0. The number of carbonyl (C=O) groups is 2. The van der Waals surface area contributed by atoms with Gasteiger partial charge in [-0.05, 0) is 24.3 Å². The second-order valence-electron chi connectivity index (χ2n) is 4.46. The van der Waals surface area contributed by atoms with Gasteiger partial charge in [-0.1, -0.05) is 11.6 Å². The van der Waals surface area contributed by atoms with Crippen LogP contribution in [0.25, 0.3) is 11.6 Å². The monoisotopic (exact) mass is 319 g/mol. The van der Waals surface area contributed by atoms with E-state index in [0.717, 1.165) is 4.88 Å². The highest BCUT2D eigenvalue weighted by atomic mass is 35.5. The van der Waals surface area contributed by atoms with Gasteiger partial charge in [0.15, 0.2) is 0 Å². The Kier molecular flexibility index (Phi) is 3.48. The molecule has 3 rings (SSSR count). The van der Waals surface area contributed by atoms with Gasteiger partial charge in [0.2, 0.25) is 5.91 Å². The van der Waals surface area contributed by atoms with Gasteiger partial charge in [-0.15, -0.1) is 11.3 Å². The van der Waals surface area contributed by atoms with Crippen LogP contribution in [-0.4, -0.2) is 16.8 Å². The van der Waals surface area contributed by atoms with E-state index in [1.165, 1.54) is 24.5 Å². The van der Waals surface area contributed by atoms with Crippen LogP contribution in [0.1, 0.15) is 17.4 Å². The first-order valence-electron chi connectivity index (χ1n) is 6.09. The third kappa shape index (κ3) is 2.81. The molecule has 1 aliphatic rings. The number of amides is 2. The molecule has 2 aromatic heterocycles. The van der Waals surface area contributed by atoms with Crippen molar-refractivity contribution in [1.29, 1.82) is 0 Å². The summed E-state index contributed by atoms with van der Waals surface area (Å²) in [6.45, 7) is 1.42. The van der Waals surface area contributed by atoms with E-state index in [1.54, 1.807) is 18.2 Å². The zero-order chi connectivity index (χ0) is 15.0. The quantitative estimate of drug-likeness (QED) is 0.835. The lowest BCUT2D eigenvalue weighted by Crippen LogP contribution is -2.06. The molecule has 2 amide bonds. The van der Waals surface area contributed by atoms with Crippen molar-refractivity contribution in [3.63, 3.8) is 0 Å². The number of nitrogens with one attached hydrogen (secondary N) is 2. The van der Waals surface area contributed by atoms with Gasteiger partial charge in [0.25, 0.3) is 5.91 Å². The molecule has 0 aromatic carbocycles. The van der Waals surface area contributed by atoms with E-state index < -0.39 is 0 Å². The molecular formula is C14H10ClN3O2S. The van der Waals surface area contributed by atoms with Crippen molar-refractivity contribution < 1.29 is 9.59 Å². The Hall–Kier alpha value is -2.18. The minimum Gasteiger partial charge on any atom is -0.325 e. The van der Waals surface area contributed by atoms with Crippen molar-refractivity contribution in [1.82, 2.24) is 4.98 Å². The summed E-state index contributed by atoms with van der Waals surface area (Å²) in [5, 5.41) is 5.35. The van der Waals surface area contributed by atoms with Crippen LogP contribution in [0.5, 0.6) is 0 Å². The molecule has 0 radical (unpaired) electrons. The van der Waals surface area contributed by atoms with Crippen LogP contribution in [0.15, 0.2) is 24.4 Å². The molecule has 2 N–H and O–H groups in total. The topological polar surface area (TPSA) is 71.1 Å². The standard InChI is InChI=1S/C14H10ClN3O2S/c1-7(19)17-8-4-10-11(5-9-2-3-12(15)21-9)14(20)18-13(10)16-6-8/h2-6H,1H3,(H,17,19)(H,16,18,20). The number of halogens is 1. The summed E-state index contributed by atoms with van der Waals surface area (Å²) >= 11 is 7.28. The number of fused-ring (bicyclic) bond motifs is 1. The zero-order valence-corrected chi connectivity index (χ0v) is 12.5. The highest BCUT2D eigenvalue weighted by molar-refractivity contribution is 7.17. The largest absolute Gasteiger partial charge is 0.325 e. The predicted molar refractivity (Wildman–Crippen MR) is 84.4 cm³/mol. The van der Waals surface area contributed by atoms with Gasteiger partial charge in [-0.25, -0.2) is 4.98 Å². The Balaban J connectivity index is 2.03. The number of hydrogen-bond acceptors (Lipinski definition) is 4. The van der Waals surface area contributed by atoms with Crippen LogP contribution < -0.4 is 10.6 Å². The van der Waals surface area contributed by atoms with Crippen molar-refractivity contribution in [2.45, 2.75) is 6.92 Å². The number of aromatic nitrogens is 1. The SMILES string of the molecule is CC(=O)Nc1cnc2c(c1)C(=Cc1ccc(Cl)s1)C(=O)N2. The summed E-state index contributed by atoms with van der Waals surface area (Å²) in [4.78, 5) is 28.2. The summed E-state index contributed by atoms with van der Waals surface area (Å²) in [6.07, 6.45) is 3.27. The average Bonchev–Trinajstić information content (AvgIpc) is 2.95. The van der Waals surface area contributed by atoms with E-state index in [1.807, 2.05) is 6.07 Å². The lowest BCUT2D eigenvalue weighted by atomic mass is 10.1. The molecule has 5 nitrogen and oxygen atoms in total. The number of hydrogen-bond donors (Lipinski definition) is 2. The van der Waals surface area contributed by atoms with Gasteiger partial charge in [-0.3, -0.25) is 9.59 Å². The fraction of sp³-hybridized carbons (Fsp3) is 0.0714. The first-order chi connectivity index (χ1) is 10.0. The maximum atomic E-state index is 12.0. The Morgan fingerprint density at radius 3 is 2.95 bits per heavy atom. The van der Waals surface area contributed by atoms with Crippen molar-refractivity contribution in [3.05, 3.63) is 39.2 Å². The van der Waals surface area contributed by atoms with Gasteiger partial charge in [-0.2, -0.15) is 0 Å². The molecule has 21 heavy (non-hydrogen) atoms. The van der Waals surface area contributed by atoms with Gasteiger partial charge in [0, 0.05) is 17.4 Å². The molecule has 3 heterocycles. The third-order valence-corrected chi connectivity index (χ3v) is 4.03. The molecule has 0 unspecified atom stereocenters. The molecule has 0 fully saturated rings. The molecule has 106 valence electrons. The van der Waals surface area contributed by atoms with E-state index in [9.17, 15) is 9.59 Å². The van der Waals surface area contributed by atoms with Crippen LogP contribution in [0, 0.1) is 0 Å². The van der Waals surface area contributed by atoms with Crippen molar-refractivity contribution in [2.24, 2.45) is 0 Å². The van der Waals surface area contributed by atoms with E-state index in [-0.39, 0.29) is 11.8 Å². The van der Waals surface area contributed by atoms with Gasteiger partial charge < -0.3 is 10.6 Å². The molecule has 0 atom stereocenters.